The lowest BCUT2D eigenvalue weighted by molar-refractivity contribution is -0.136. The third-order valence-electron chi connectivity index (χ3n) is 5.34. The number of piperazine rings is 2. The van der Waals surface area contributed by atoms with Gasteiger partial charge in [0, 0.05) is 91.6 Å². The third-order valence-corrected chi connectivity index (χ3v) is 5.34. The van der Waals surface area contributed by atoms with E-state index in [0.717, 1.165) is 105 Å². The number of rotatable bonds is 12. The minimum Gasteiger partial charge on any atom is -0.352 e. The Morgan fingerprint density at radius 3 is 1.23 bits per heavy atom. The number of hydrogen-bond donors (Lipinski definition) is 2. The van der Waals surface area contributed by atoms with Crippen LogP contribution in [-0.4, -0.2) is 131 Å². The molecule has 0 aromatic heterocycles. The summed E-state index contributed by atoms with van der Waals surface area (Å²) in [4.78, 5) is 9.78. The predicted molar refractivity (Wildman–Crippen MR) is 105 cm³/mol. The summed E-state index contributed by atoms with van der Waals surface area (Å²) in [5, 5.41) is 0. The highest BCUT2D eigenvalue weighted by Gasteiger charge is 2.17. The van der Waals surface area contributed by atoms with E-state index in [-0.39, 0.29) is 6.29 Å². The van der Waals surface area contributed by atoms with Gasteiger partial charge in [0.15, 0.2) is 6.29 Å². The second-order valence-corrected chi connectivity index (χ2v) is 7.25. The van der Waals surface area contributed by atoms with Crippen molar-refractivity contribution < 1.29 is 9.47 Å². The van der Waals surface area contributed by atoms with Gasteiger partial charge in [-0.15, -0.1) is 0 Å². The Balaban J connectivity index is 1.44. The molecule has 0 aromatic rings. The normalized spacial score (nSPS) is 21.7. The average molecular weight is 373 g/mol. The topological polar surface area (TPSA) is 83.5 Å². The molecule has 2 heterocycles. The van der Waals surface area contributed by atoms with Gasteiger partial charge in [0.25, 0.3) is 0 Å². The fourth-order valence-electron chi connectivity index (χ4n) is 3.58. The molecule has 8 heteroatoms. The first-order chi connectivity index (χ1) is 12.7. The van der Waals surface area contributed by atoms with Crippen molar-refractivity contribution in [2.75, 3.05) is 105 Å². The Bertz CT molecular complexity index is 315. The molecule has 4 N–H and O–H groups in total. The van der Waals surface area contributed by atoms with Crippen molar-refractivity contribution in [2.45, 2.75) is 13.2 Å². The average Bonchev–Trinajstić information content (AvgIpc) is 2.65. The van der Waals surface area contributed by atoms with Crippen LogP contribution in [0.5, 0.6) is 0 Å². The van der Waals surface area contributed by atoms with Crippen LogP contribution >= 0.6 is 0 Å². The van der Waals surface area contributed by atoms with Crippen molar-refractivity contribution in [3.63, 3.8) is 0 Å². The summed E-state index contributed by atoms with van der Waals surface area (Å²) in [7, 11) is 0. The lowest BCUT2D eigenvalue weighted by Gasteiger charge is -2.35. The second-order valence-electron chi connectivity index (χ2n) is 7.25. The van der Waals surface area contributed by atoms with Gasteiger partial charge in [0.05, 0.1) is 13.2 Å². The Kier molecular flexibility index (Phi) is 11.0. The molecule has 0 aromatic carbocycles. The monoisotopic (exact) mass is 372 g/mol. The van der Waals surface area contributed by atoms with Crippen LogP contribution in [0.2, 0.25) is 0 Å². The summed E-state index contributed by atoms with van der Waals surface area (Å²) in [6.07, 6.45) is -0.132. The first-order valence-corrected chi connectivity index (χ1v) is 10.2. The van der Waals surface area contributed by atoms with Crippen LogP contribution in [0.3, 0.4) is 0 Å². The Morgan fingerprint density at radius 2 is 0.923 bits per heavy atom. The van der Waals surface area contributed by atoms with Gasteiger partial charge in [0.2, 0.25) is 0 Å². The van der Waals surface area contributed by atoms with E-state index in [1.807, 2.05) is 6.92 Å². The van der Waals surface area contributed by atoms with Crippen LogP contribution in [-0.2, 0) is 9.47 Å². The molecule has 0 spiro atoms. The second kappa shape index (κ2) is 13.0. The quantitative estimate of drug-likeness (QED) is 0.401. The number of ether oxygens (including phenoxy) is 2. The van der Waals surface area contributed by atoms with Crippen LogP contribution in [0.25, 0.3) is 0 Å². The summed E-state index contributed by atoms with van der Waals surface area (Å²) in [5.41, 5.74) is 11.2. The van der Waals surface area contributed by atoms with E-state index in [0.29, 0.717) is 0 Å². The van der Waals surface area contributed by atoms with E-state index < -0.39 is 0 Å². The largest absolute Gasteiger partial charge is 0.352 e. The van der Waals surface area contributed by atoms with E-state index >= 15 is 0 Å². The molecule has 154 valence electrons. The molecule has 8 nitrogen and oxygen atoms in total. The van der Waals surface area contributed by atoms with Crippen LogP contribution in [0.1, 0.15) is 6.92 Å². The zero-order valence-corrected chi connectivity index (χ0v) is 16.7. The third kappa shape index (κ3) is 8.58. The summed E-state index contributed by atoms with van der Waals surface area (Å²) in [6, 6.07) is 0. The highest BCUT2D eigenvalue weighted by molar-refractivity contribution is 4.72. The highest BCUT2D eigenvalue weighted by atomic mass is 16.7. The van der Waals surface area contributed by atoms with Crippen molar-refractivity contribution >= 4 is 0 Å². The Labute approximate surface area is 159 Å². The van der Waals surface area contributed by atoms with E-state index in [2.05, 4.69) is 19.6 Å². The van der Waals surface area contributed by atoms with Crippen molar-refractivity contribution in [3.05, 3.63) is 0 Å². The Hall–Kier alpha value is -0.320. The predicted octanol–water partition coefficient (Wildman–Crippen LogP) is -1.48. The summed E-state index contributed by atoms with van der Waals surface area (Å²) in [5.74, 6) is 0. The summed E-state index contributed by atoms with van der Waals surface area (Å²) in [6.45, 7) is 17.8. The van der Waals surface area contributed by atoms with Gasteiger partial charge in [-0.05, 0) is 6.92 Å². The van der Waals surface area contributed by atoms with Gasteiger partial charge in [-0.2, -0.15) is 0 Å². The molecule has 0 unspecified atom stereocenters. The van der Waals surface area contributed by atoms with E-state index in [9.17, 15) is 0 Å². The molecule has 2 saturated heterocycles. The molecule has 0 atom stereocenters. The molecular weight excluding hydrogens is 332 g/mol. The SMILES string of the molecule is CC(OCCN1CCN(CCN)CC1)OCCN1CCN(CCN)CC1. The Morgan fingerprint density at radius 1 is 0.615 bits per heavy atom. The maximum Gasteiger partial charge on any atom is 0.154 e. The maximum atomic E-state index is 5.82. The van der Waals surface area contributed by atoms with Crippen LogP contribution < -0.4 is 11.5 Å². The molecule has 2 aliphatic heterocycles. The van der Waals surface area contributed by atoms with Crippen LogP contribution in [0, 0.1) is 0 Å². The summed E-state index contributed by atoms with van der Waals surface area (Å²) >= 11 is 0. The standard InChI is InChI=1S/C18H40N6O2/c1-18(25-16-14-23-10-6-21(4-2-19)7-11-23)26-17-15-24-12-8-22(5-3-20)9-13-24/h18H,2-17,19-20H2,1H3. The number of nitrogens with two attached hydrogens (primary N) is 2. The van der Waals surface area contributed by atoms with Crippen LogP contribution in [0.15, 0.2) is 0 Å². The van der Waals surface area contributed by atoms with E-state index in [1.165, 1.54) is 0 Å². The smallest absolute Gasteiger partial charge is 0.154 e. The van der Waals surface area contributed by atoms with Gasteiger partial charge in [0.1, 0.15) is 0 Å². The van der Waals surface area contributed by atoms with Gasteiger partial charge >= 0.3 is 0 Å². The van der Waals surface area contributed by atoms with Gasteiger partial charge in [-0.1, -0.05) is 0 Å². The molecule has 2 fully saturated rings. The number of hydrogen-bond acceptors (Lipinski definition) is 8. The zero-order chi connectivity index (χ0) is 18.6. The van der Waals surface area contributed by atoms with Crippen molar-refractivity contribution in [2.24, 2.45) is 11.5 Å². The molecule has 0 radical (unpaired) electrons. The fraction of sp³-hybridized carbons (Fsp3) is 1.00. The molecule has 2 aliphatic rings. The minimum atomic E-state index is -0.132. The molecule has 0 aliphatic carbocycles. The van der Waals surface area contributed by atoms with Crippen molar-refractivity contribution in [1.29, 1.82) is 0 Å². The van der Waals surface area contributed by atoms with Crippen molar-refractivity contribution in [1.82, 2.24) is 19.6 Å². The molecular formula is C18H40N6O2. The lowest BCUT2D eigenvalue weighted by Crippen LogP contribution is -2.48. The van der Waals surface area contributed by atoms with E-state index in [1.54, 1.807) is 0 Å². The number of nitrogens with zero attached hydrogens (tertiary/aromatic N) is 4. The van der Waals surface area contributed by atoms with Crippen LogP contribution in [0.4, 0.5) is 0 Å². The molecule has 0 saturated carbocycles. The maximum absolute atomic E-state index is 5.82. The lowest BCUT2D eigenvalue weighted by atomic mass is 10.3. The fourth-order valence-corrected chi connectivity index (χ4v) is 3.58. The van der Waals surface area contributed by atoms with E-state index in [4.69, 9.17) is 20.9 Å². The molecule has 2 rings (SSSR count). The molecule has 26 heavy (non-hydrogen) atoms. The minimum absolute atomic E-state index is 0.132. The summed E-state index contributed by atoms with van der Waals surface area (Å²) < 4.78 is 11.6. The molecule has 0 amide bonds. The zero-order valence-electron chi connectivity index (χ0n) is 16.7. The van der Waals surface area contributed by atoms with Crippen molar-refractivity contribution in [3.8, 4) is 0 Å². The van der Waals surface area contributed by atoms with Gasteiger partial charge < -0.3 is 20.9 Å². The first kappa shape index (κ1) is 22.0. The van der Waals surface area contributed by atoms with Gasteiger partial charge in [-0.3, -0.25) is 19.6 Å². The first-order valence-electron chi connectivity index (χ1n) is 10.2. The molecule has 0 bridgehead atoms. The highest BCUT2D eigenvalue weighted by Crippen LogP contribution is 2.03. The van der Waals surface area contributed by atoms with Gasteiger partial charge in [-0.25, -0.2) is 0 Å².